The Labute approximate surface area is 407 Å². The number of likely N-dealkylation sites (N-methyl/N-ethyl adjacent to an activating group) is 2. The van der Waals surface area contributed by atoms with Gasteiger partial charge in [-0.3, -0.25) is 33.6 Å². The summed E-state index contributed by atoms with van der Waals surface area (Å²) >= 11 is 0. The molecule has 0 saturated carbocycles. The van der Waals surface area contributed by atoms with Gasteiger partial charge < -0.3 is 47.0 Å². The van der Waals surface area contributed by atoms with Crippen molar-refractivity contribution in [1.29, 1.82) is 0 Å². The van der Waals surface area contributed by atoms with Gasteiger partial charge in [0.1, 0.15) is 18.1 Å². The van der Waals surface area contributed by atoms with Crippen LogP contribution in [0.25, 0.3) is 0 Å². The van der Waals surface area contributed by atoms with Crippen molar-refractivity contribution in [2.24, 2.45) is 5.41 Å². The number of nitrogens with one attached hydrogen (secondary N) is 7. The number of benzene rings is 2. The normalized spacial score (nSPS) is 22.3. The van der Waals surface area contributed by atoms with Gasteiger partial charge in [0, 0.05) is 32.0 Å². The molecule has 0 unspecified atom stereocenters. The van der Waals surface area contributed by atoms with Crippen molar-refractivity contribution in [3.8, 4) is 23.7 Å². The average Bonchev–Trinajstić information content (AvgIpc) is 4.01. The van der Waals surface area contributed by atoms with E-state index in [2.05, 4.69) is 73.0 Å². The summed E-state index contributed by atoms with van der Waals surface area (Å²) < 4.78 is 0. The van der Waals surface area contributed by atoms with E-state index in [0.29, 0.717) is 19.4 Å². The van der Waals surface area contributed by atoms with Crippen LogP contribution in [-0.2, 0) is 46.4 Å². The molecule has 370 valence electrons. The second kappa shape index (κ2) is 23.9. The lowest BCUT2D eigenvalue weighted by molar-refractivity contribution is -0.144. The van der Waals surface area contributed by atoms with Crippen molar-refractivity contribution in [2.45, 2.75) is 160 Å². The van der Waals surface area contributed by atoms with Crippen molar-refractivity contribution >= 4 is 41.4 Å². The first kappa shape index (κ1) is 52.1. The summed E-state index contributed by atoms with van der Waals surface area (Å²) in [5.41, 5.74) is 3.85. The van der Waals surface area contributed by atoms with Gasteiger partial charge in [0.25, 0.3) is 5.91 Å². The summed E-state index contributed by atoms with van der Waals surface area (Å²) in [7, 11) is 3.29. The number of likely N-dealkylation sites (tertiary alicyclic amines) is 2. The van der Waals surface area contributed by atoms with Gasteiger partial charge in [-0.2, -0.15) is 0 Å². The summed E-state index contributed by atoms with van der Waals surface area (Å²) in [5, 5.41) is 20.8. The molecular weight excluding hydrogens is 875 g/mol. The first-order chi connectivity index (χ1) is 33.0. The third-order valence-electron chi connectivity index (χ3n) is 13.9. The van der Waals surface area contributed by atoms with Crippen LogP contribution in [0, 0.1) is 29.1 Å². The van der Waals surface area contributed by atoms with Crippen LogP contribution in [0.5, 0.6) is 0 Å². The van der Waals surface area contributed by atoms with Gasteiger partial charge in [-0.15, -0.1) is 0 Å². The lowest BCUT2D eigenvalue weighted by Gasteiger charge is -2.36. The van der Waals surface area contributed by atoms with E-state index in [1.807, 2.05) is 57.2 Å². The van der Waals surface area contributed by atoms with Gasteiger partial charge >= 0.3 is 0 Å². The Morgan fingerprint density at radius 1 is 0.681 bits per heavy atom. The predicted molar refractivity (Wildman–Crippen MR) is 262 cm³/mol. The van der Waals surface area contributed by atoms with E-state index >= 15 is 0 Å². The molecule has 16 heteroatoms. The molecule has 0 bridgehead atoms. The molecule has 16 nitrogen and oxygen atoms in total. The van der Waals surface area contributed by atoms with Gasteiger partial charge in [-0.25, -0.2) is 0 Å². The number of carbonyl (C=O) groups excluding carboxylic acids is 7. The van der Waals surface area contributed by atoms with Crippen LogP contribution < -0.4 is 37.2 Å². The number of carbonyl (C=O) groups is 7. The molecule has 0 aromatic heterocycles. The third kappa shape index (κ3) is 13.3. The Morgan fingerprint density at radius 2 is 1.25 bits per heavy atom. The van der Waals surface area contributed by atoms with Gasteiger partial charge in [-0.1, -0.05) is 81.1 Å². The zero-order chi connectivity index (χ0) is 49.8. The van der Waals surface area contributed by atoms with Crippen molar-refractivity contribution < 1.29 is 33.6 Å². The van der Waals surface area contributed by atoms with Crippen LogP contribution in [0.3, 0.4) is 0 Å². The Hall–Kier alpha value is -6.23. The van der Waals surface area contributed by atoms with Crippen LogP contribution in [0.2, 0.25) is 0 Å². The van der Waals surface area contributed by atoms with E-state index in [1.165, 1.54) is 20.9 Å². The summed E-state index contributed by atoms with van der Waals surface area (Å²) in [6.45, 7) is 9.33. The maximum absolute atomic E-state index is 14.5. The molecule has 2 aliphatic heterocycles. The molecular formula is C53H71N9O7. The number of hydrogen-bond acceptors (Lipinski definition) is 9. The quantitative estimate of drug-likeness (QED) is 0.131. The van der Waals surface area contributed by atoms with Crippen LogP contribution in [-0.4, -0.2) is 121 Å². The monoisotopic (exact) mass is 946 g/mol. The predicted octanol–water partition coefficient (Wildman–Crippen LogP) is 2.47. The van der Waals surface area contributed by atoms with Crippen molar-refractivity contribution in [3.05, 3.63) is 70.8 Å². The minimum absolute atomic E-state index is 0.00769. The standard InChI is InChI=1S/C53H71N9O7/c1-33(54-6)47(64)59-42(51(68)61-30-18-28-43(61)49(66)57-40-26-16-21-35-19-12-14-23-38(35)40)25-10-8-9-11-29-45(63)56-37-31-44(50(67)58-41-27-17-22-36-20-13-15-24-39(36)41)62(32-37)52(69)46(53(3,4)5)60-48(65)34(2)55-7/h12-15,19-20,23-24,33-34,37,40-44,46,54-55H,11,16-18,21-22,26-32H2,1-7H3,(H,56,63)(H,57,66)(H,58,67)(H,59,64)(H,60,65)/t33-,34-,37-,40+,41+,42-,43-,44-,46+/m0/s1. The highest BCUT2D eigenvalue weighted by atomic mass is 16.2. The molecule has 2 saturated heterocycles. The number of fused-ring (bicyclic) bond motifs is 2. The second-order valence-electron chi connectivity index (χ2n) is 19.8. The van der Waals surface area contributed by atoms with E-state index in [9.17, 15) is 33.6 Å². The fourth-order valence-corrected chi connectivity index (χ4v) is 9.71. The van der Waals surface area contributed by atoms with Crippen molar-refractivity contribution in [2.75, 3.05) is 27.2 Å². The summed E-state index contributed by atoms with van der Waals surface area (Å²) in [4.78, 5) is 99.0. The number of aryl methyl sites for hydroxylation is 2. The Kier molecular flexibility index (Phi) is 18.0. The number of amides is 7. The highest BCUT2D eigenvalue weighted by Crippen LogP contribution is 2.33. The topological polar surface area (TPSA) is 210 Å². The smallest absolute Gasteiger partial charge is 0.258 e. The molecule has 0 spiro atoms. The molecule has 2 heterocycles. The largest absolute Gasteiger partial charge is 0.351 e. The summed E-state index contributed by atoms with van der Waals surface area (Å²) in [6, 6.07) is 10.2. The zero-order valence-electron chi connectivity index (χ0n) is 41.3. The first-order valence-electron chi connectivity index (χ1n) is 24.6. The molecule has 69 heavy (non-hydrogen) atoms. The highest BCUT2D eigenvalue weighted by molar-refractivity contribution is 5.96. The van der Waals surface area contributed by atoms with Gasteiger partial charge in [0.15, 0.2) is 6.04 Å². The Morgan fingerprint density at radius 3 is 1.83 bits per heavy atom. The third-order valence-corrected chi connectivity index (χ3v) is 13.9. The van der Waals surface area contributed by atoms with Crippen LogP contribution >= 0.6 is 0 Å². The van der Waals surface area contributed by atoms with Gasteiger partial charge in [0.05, 0.1) is 24.2 Å². The SMILES string of the molecule is CN[C@@H](C)C(=O)N[C@@H](C#CC#CCCC(=O)N[C@H]1C[C@@H](C(=O)N[C@@H]2CCCc3ccccc32)N(C(=O)[C@@H](NC(=O)[C@H](C)NC)C(C)(C)C)C1)C(=O)N1CCC[C@H]1C(=O)N[C@@H]1CCCc2ccccc21. The van der Waals surface area contributed by atoms with E-state index in [4.69, 9.17) is 0 Å². The fraction of sp³-hybridized carbons (Fsp3) is 0.566. The molecule has 7 amide bonds. The zero-order valence-corrected chi connectivity index (χ0v) is 41.3. The molecule has 6 rings (SSSR count). The molecule has 2 aliphatic carbocycles. The fourth-order valence-electron chi connectivity index (χ4n) is 9.71. The van der Waals surface area contributed by atoms with E-state index < -0.39 is 65.4 Å². The maximum Gasteiger partial charge on any atom is 0.258 e. The maximum atomic E-state index is 14.5. The lowest BCUT2D eigenvalue weighted by Crippen LogP contribution is -2.59. The first-order valence-corrected chi connectivity index (χ1v) is 24.6. The van der Waals surface area contributed by atoms with Gasteiger partial charge in [0.2, 0.25) is 35.4 Å². The van der Waals surface area contributed by atoms with E-state index in [0.717, 1.165) is 49.7 Å². The van der Waals surface area contributed by atoms with Gasteiger partial charge in [-0.05, 0) is 125 Å². The van der Waals surface area contributed by atoms with Crippen molar-refractivity contribution in [3.63, 3.8) is 0 Å². The molecule has 2 fully saturated rings. The highest BCUT2D eigenvalue weighted by Gasteiger charge is 2.46. The lowest BCUT2D eigenvalue weighted by atomic mass is 9.85. The average molecular weight is 946 g/mol. The van der Waals surface area contributed by atoms with E-state index in [1.54, 1.807) is 27.9 Å². The molecule has 2 aromatic carbocycles. The Balaban J connectivity index is 1.10. The summed E-state index contributed by atoms with van der Waals surface area (Å²) in [6.07, 6.45) is 6.69. The number of nitrogens with zero attached hydrogens (tertiary/aromatic N) is 2. The van der Waals surface area contributed by atoms with E-state index in [-0.39, 0.29) is 61.5 Å². The number of rotatable bonds is 15. The van der Waals surface area contributed by atoms with Crippen LogP contribution in [0.15, 0.2) is 48.5 Å². The molecule has 7 N–H and O–H groups in total. The van der Waals surface area contributed by atoms with Crippen molar-refractivity contribution in [1.82, 2.24) is 47.0 Å². The molecule has 4 aliphatic rings. The minimum atomic E-state index is -1.27. The Bertz CT molecular complexity index is 2360. The van der Waals surface area contributed by atoms with Crippen LogP contribution in [0.1, 0.15) is 127 Å². The van der Waals surface area contributed by atoms with Crippen LogP contribution in [0.4, 0.5) is 0 Å². The minimum Gasteiger partial charge on any atom is -0.351 e. The molecule has 9 atom stereocenters. The second-order valence-corrected chi connectivity index (χ2v) is 19.8. The summed E-state index contributed by atoms with van der Waals surface area (Å²) in [5.74, 6) is 8.49. The molecule has 2 aromatic rings. The molecule has 0 radical (unpaired) electrons. The number of hydrogen-bond donors (Lipinski definition) is 7.